The smallest absolute Gasteiger partial charge is 0.338 e. The van der Waals surface area contributed by atoms with Crippen LogP contribution >= 0.6 is 23.4 Å². The highest BCUT2D eigenvalue weighted by Crippen LogP contribution is 2.19. The van der Waals surface area contributed by atoms with Gasteiger partial charge in [-0.1, -0.05) is 17.7 Å². The zero-order valence-corrected chi connectivity index (χ0v) is 15.4. The van der Waals surface area contributed by atoms with E-state index in [-0.39, 0.29) is 6.61 Å². The van der Waals surface area contributed by atoms with E-state index in [0.29, 0.717) is 21.9 Å². The molecule has 0 aliphatic carbocycles. The summed E-state index contributed by atoms with van der Waals surface area (Å²) in [6.45, 7) is -0.362. The molecule has 1 N–H and O–H groups in total. The third-order valence-corrected chi connectivity index (χ3v) is 4.51. The molecule has 26 heavy (non-hydrogen) atoms. The molecule has 0 aliphatic rings. The van der Waals surface area contributed by atoms with Crippen molar-refractivity contribution in [1.29, 1.82) is 0 Å². The van der Waals surface area contributed by atoms with Gasteiger partial charge in [0.05, 0.1) is 11.1 Å². The second-order valence-electron chi connectivity index (χ2n) is 5.40. The lowest BCUT2D eigenvalue weighted by molar-refractivity contribution is -0.119. The predicted octanol–water partition coefficient (Wildman–Crippen LogP) is 4.41. The SMILES string of the molecule is CSc1cccc(NC(=O)COC(=O)c2ccc3nc(Cl)ccc3c2)c1. The number of thioether (sulfide) groups is 1. The van der Waals surface area contributed by atoms with Crippen molar-refractivity contribution in [1.82, 2.24) is 4.98 Å². The largest absolute Gasteiger partial charge is 0.452 e. The highest BCUT2D eigenvalue weighted by molar-refractivity contribution is 7.98. The number of ether oxygens (including phenoxy) is 1. The van der Waals surface area contributed by atoms with Crippen molar-refractivity contribution in [2.45, 2.75) is 4.90 Å². The molecule has 1 heterocycles. The van der Waals surface area contributed by atoms with Gasteiger partial charge in [-0.15, -0.1) is 11.8 Å². The Balaban J connectivity index is 1.61. The summed E-state index contributed by atoms with van der Waals surface area (Å²) in [6.07, 6.45) is 1.95. The summed E-state index contributed by atoms with van der Waals surface area (Å²) in [5.41, 5.74) is 1.69. The van der Waals surface area contributed by atoms with E-state index in [2.05, 4.69) is 10.3 Å². The highest BCUT2D eigenvalue weighted by Gasteiger charge is 2.11. The van der Waals surface area contributed by atoms with Crippen molar-refractivity contribution in [3.05, 3.63) is 65.3 Å². The summed E-state index contributed by atoms with van der Waals surface area (Å²) in [7, 11) is 0. The number of nitrogens with zero attached hydrogens (tertiary/aromatic N) is 1. The van der Waals surface area contributed by atoms with Gasteiger partial charge in [0.25, 0.3) is 5.91 Å². The monoisotopic (exact) mass is 386 g/mol. The number of benzene rings is 2. The number of hydrogen-bond donors (Lipinski definition) is 1. The normalized spacial score (nSPS) is 10.5. The van der Waals surface area contributed by atoms with Gasteiger partial charge in [0, 0.05) is 16.0 Å². The summed E-state index contributed by atoms with van der Waals surface area (Å²) in [4.78, 5) is 29.3. The number of fused-ring (bicyclic) bond motifs is 1. The number of nitrogens with one attached hydrogen (secondary N) is 1. The molecule has 0 saturated carbocycles. The summed E-state index contributed by atoms with van der Waals surface area (Å²) in [5.74, 6) is -0.972. The average Bonchev–Trinajstić information content (AvgIpc) is 2.65. The predicted molar refractivity (Wildman–Crippen MR) is 104 cm³/mol. The molecule has 0 aliphatic heterocycles. The van der Waals surface area contributed by atoms with Crippen LogP contribution in [0.1, 0.15) is 10.4 Å². The van der Waals surface area contributed by atoms with E-state index in [9.17, 15) is 9.59 Å². The number of halogens is 1. The van der Waals surface area contributed by atoms with Crippen LogP contribution in [0.15, 0.2) is 59.5 Å². The third-order valence-electron chi connectivity index (χ3n) is 3.58. The lowest BCUT2D eigenvalue weighted by Crippen LogP contribution is -2.20. The third kappa shape index (κ3) is 4.53. The quantitative estimate of drug-likeness (QED) is 0.399. The van der Waals surface area contributed by atoms with Crippen LogP contribution in [0.2, 0.25) is 5.15 Å². The maximum Gasteiger partial charge on any atom is 0.338 e. The van der Waals surface area contributed by atoms with Crippen molar-refractivity contribution in [2.75, 3.05) is 18.2 Å². The molecule has 0 unspecified atom stereocenters. The number of hydrogen-bond acceptors (Lipinski definition) is 5. The van der Waals surface area contributed by atoms with Crippen LogP contribution in [0.25, 0.3) is 10.9 Å². The molecule has 2 aromatic carbocycles. The molecular formula is C19H15ClN2O3S. The van der Waals surface area contributed by atoms with E-state index >= 15 is 0 Å². The lowest BCUT2D eigenvalue weighted by atomic mass is 10.1. The maximum atomic E-state index is 12.2. The number of carbonyl (C=O) groups is 2. The Bertz CT molecular complexity index is 978. The van der Waals surface area contributed by atoms with Crippen molar-refractivity contribution in [2.24, 2.45) is 0 Å². The minimum Gasteiger partial charge on any atom is -0.452 e. The minimum absolute atomic E-state index is 0.346. The number of esters is 1. The number of amides is 1. The standard InChI is InChI=1S/C19H15ClN2O3S/c1-26-15-4-2-3-14(10-15)21-18(23)11-25-19(24)13-5-7-16-12(9-13)6-8-17(20)22-16/h2-10H,11H2,1H3,(H,21,23). The summed E-state index contributed by atoms with van der Waals surface area (Å²) >= 11 is 7.42. The van der Waals surface area contributed by atoms with Crippen LogP contribution in [0.3, 0.4) is 0 Å². The fourth-order valence-electron chi connectivity index (χ4n) is 2.34. The summed E-state index contributed by atoms with van der Waals surface area (Å²) in [5, 5.41) is 3.86. The Morgan fingerprint density at radius 1 is 1.15 bits per heavy atom. The van der Waals surface area contributed by atoms with Crippen molar-refractivity contribution < 1.29 is 14.3 Å². The van der Waals surface area contributed by atoms with Crippen LogP contribution < -0.4 is 5.32 Å². The molecule has 0 saturated heterocycles. The molecule has 0 atom stereocenters. The first-order chi connectivity index (χ1) is 12.5. The van der Waals surface area contributed by atoms with Crippen LogP contribution in [0, 0.1) is 0 Å². The fourth-order valence-corrected chi connectivity index (χ4v) is 2.95. The second kappa shape index (κ2) is 8.21. The van der Waals surface area contributed by atoms with E-state index in [0.717, 1.165) is 10.3 Å². The number of pyridine rings is 1. The van der Waals surface area contributed by atoms with E-state index in [1.165, 1.54) is 0 Å². The number of aromatic nitrogens is 1. The first kappa shape index (κ1) is 18.2. The molecular weight excluding hydrogens is 372 g/mol. The number of rotatable bonds is 5. The average molecular weight is 387 g/mol. The molecule has 0 spiro atoms. The van der Waals surface area contributed by atoms with Gasteiger partial charge < -0.3 is 10.1 Å². The molecule has 1 amide bonds. The molecule has 1 aromatic heterocycles. The zero-order chi connectivity index (χ0) is 18.5. The molecule has 3 aromatic rings. The van der Waals surface area contributed by atoms with E-state index in [4.69, 9.17) is 16.3 Å². The zero-order valence-electron chi connectivity index (χ0n) is 13.9. The first-order valence-electron chi connectivity index (χ1n) is 7.72. The lowest BCUT2D eigenvalue weighted by Gasteiger charge is -2.08. The first-order valence-corrected chi connectivity index (χ1v) is 9.33. The Morgan fingerprint density at radius 2 is 2.00 bits per heavy atom. The topological polar surface area (TPSA) is 68.3 Å². The maximum absolute atomic E-state index is 12.2. The van der Waals surface area contributed by atoms with Crippen LogP contribution in [0.5, 0.6) is 0 Å². The summed E-state index contributed by atoms with van der Waals surface area (Å²) < 4.78 is 5.09. The van der Waals surface area contributed by atoms with Crippen molar-refractivity contribution >= 4 is 51.8 Å². The van der Waals surface area contributed by atoms with Crippen LogP contribution in [-0.2, 0) is 9.53 Å². The second-order valence-corrected chi connectivity index (χ2v) is 6.66. The molecule has 0 radical (unpaired) electrons. The fraction of sp³-hybridized carbons (Fsp3) is 0.105. The Labute approximate surface area is 159 Å². The number of carbonyl (C=O) groups excluding carboxylic acids is 2. The van der Waals surface area contributed by atoms with Gasteiger partial charge in [0.2, 0.25) is 0 Å². The molecule has 132 valence electrons. The molecule has 0 fully saturated rings. The summed E-state index contributed by atoms with van der Waals surface area (Å²) in [6, 6.07) is 15.8. The Morgan fingerprint density at radius 3 is 2.81 bits per heavy atom. The van der Waals surface area contributed by atoms with E-state index < -0.39 is 11.9 Å². The van der Waals surface area contributed by atoms with Gasteiger partial charge in [-0.2, -0.15) is 0 Å². The van der Waals surface area contributed by atoms with Crippen molar-refractivity contribution in [3.8, 4) is 0 Å². The van der Waals surface area contributed by atoms with Gasteiger partial charge in [-0.05, 0) is 54.8 Å². The number of anilines is 1. The minimum atomic E-state index is -0.574. The van der Waals surface area contributed by atoms with Gasteiger partial charge in [0.1, 0.15) is 5.15 Å². The van der Waals surface area contributed by atoms with Gasteiger partial charge in [-0.3, -0.25) is 4.79 Å². The Hall–Kier alpha value is -2.57. The highest BCUT2D eigenvalue weighted by atomic mass is 35.5. The molecule has 7 heteroatoms. The molecule has 5 nitrogen and oxygen atoms in total. The van der Waals surface area contributed by atoms with Crippen molar-refractivity contribution in [3.63, 3.8) is 0 Å². The van der Waals surface area contributed by atoms with Crippen LogP contribution in [-0.4, -0.2) is 29.7 Å². The Kier molecular flexibility index (Phi) is 5.75. The van der Waals surface area contributed by atoms with E-state index in [1.54, 1.807) is 48.2 Å². The molecule has 0 bridgehead atoms. The van der Waals surface area contributed by atoms with Gasteiger partial charge >= 0.3 is 5.97 Å². The van der Waals surface area contributed by atoms with Crippen LogP contribution in [0.4, 0.5) is 5.69 Å². The van der Waals surface area contributed by atoms with Gasteiger partial charge in [-0.25, -0.2) is 9.78 Å². The van der Waals surface area contributed by atoms with E-state index in [1.807, 2.05) is 24.5 Å². The van der Waals surface area contributed by atoms with Gasteiger partial charge in [0.15, 0.2) is 6.61 Å². The molecule has 3 rings (SSSR count).